The molecule has 0 spiro atoms. The Morgan fingerprint density at radius 2 is 1.64 bits per heavy atom. The summed E-state index contributed by atoms with van der Waals surface area (Å²) in [5.41, 5.74) is 2.31. The smallest absolute Gasteiger partial charge is 0.337 e. The number of ether oxygens (including phenoxy) is 2. The summed E-state index contributed by atoms with van der Waals surface area (Å²) < 4.78 is 38.0. The SMILES string of the molecule is COC(=O)c1ccc(C2Nc3cc(OC)ccc3C(=O)N2S(=O)(=O)c2ccc(C)cc2)cc1. The van der Waals surface area contributed by atoms with Gasteiger partial charge in [-0.05, 0) is 48.9 Å². The van der Waals surface area contributed by atoms with Crippen LogP contribution in [0.3, 0.4) is 0 Å². The average Bonchev–Trinajstić information content (AvgIpc) is 2.83. The van der Waals surface area contributed by atoms with Gasteiger partial charge in [-0.15, -0.1) is 0 Å². The first kappa shape index (κ1) is 22.3. The molecule has 0 radical (unpaired) electrons. The van der Waals surface area contributed by atoms with Crippen molar-refractivity contribution in [2.75, 3.05) is 19.5 Å². The van der Waals surface area contributed by atoms with E-state index in [1.807, 2.05) is 6.92 Å². The van der Waals surface area contributed by atoms with Crippen molar-refractivity contribution >= 4 is 27.6 Å². The zero-order valence-corrected chi connectivity index (χ0v) is 19.0. The summed E-state index contributed by atoms with van der Waals surface area (Å²) in [5.74, 6) is -0.675. The topological polar surface area (TPSA) is 102 Å². The number of aryl methyl sites for hydroxylation is 1. The first-order valence-electron chi connectivity index (χ1n) is 10.0. The maximum atomic E-state index is 13.6. The molecule has 0 saturated carbocycles. The molecule has 3 aromatic carbocycles. The van der Waals surface area contributed by atoms with Crippen LogP contribution in [0.1, 0.15) is 38.0 Å². The highest BCUT2D eigenvalue weighted by Crippen LogP contribution is 2.38. The van der Waals surface area contributed by atoms with E-state index in [4.69, 9.17) is 9.47 Å². The molecule has 1 aliphatic heterocycles. The fourth-order valence-electron chi connectivity index (χ4n) is 3.61. The van der Waals surface area contributed by atoms with Gasteiger partial charge < -0.3 is 14.8 Å². The third-order valence-corrected chi connectivity index (χ3v) is 7.17. The Hall–Kier alpha value is -3.85. The van der Waals surface area contributed by atoms with E-state index >= 15 is 0 Å². The van der Waals surface area contributed by atoms with E-state index in [1.165, 1.54) is 44.6 Å². The van der Waals surface area contributed by atoms with Crippen molar-refractivity contribution in [1.29, 1.82) is 0 Å². The highest BCUT2D eigenvalue weighted by molar-refractivity contribution is 7.89. The Bertz CT molecular complexity index is 1320. The minimum absolute atomic E-state index is 0.00334. The summed E-state index contributed by atoms with van der Waals surface area (Å²) in [4.78, 5) is 25.3. The molecule has 1 heterocycles. The number of nitrogens with zero attached hydrogens (tertiary/aromatic N) is 1. The number of esters is 1. The number of hydrogen-bond donors (Lipinski definition) is 1. The predicted octanol–water partition coefficient (Wildman–Crippen LogP) is 3.75. The van der Waals surface area contributed by atoms with Gasteiger partial charge in [0.25, 0.3) is 15.9 Å². The minimum Gasteiger partial charge on any atom is -0.497 e. The largest absolute Gasteiger partial charge is 0.497 e. The predicted molar refractivity (Wildman–Crippen MR) is 122 cm³/mol. The first-order chi connectivity index (χ1) is 15.8. The van der Waals surface area contributed by atoms with Crippen LogP contribution >= 0.6 is 0 Å². The number of nitrogens with one attached hydrogen (secondary N) is 1. The molecule has 0 fully saturated rings. The zero-order valence-electron chi connectivity index (χ0n) is 18.2. The number of sulfonamides is 1. The highest BCUT2D eigenvalue weighted by Gasteiger charge is 2.41. The summed E-state index contributed by atoms with van der Waals surface area (Å²) >= 11 is 0. The van der Waals surface area contributed by atoms with Gasteiger partial charge in [0, 0.05) is 6.07 Å². The monoisotopic (exact) mass is 466 g/mol. The van der Waals surface area contributed by atoms with Crippen molar-refractivity contribution in [3.63, 3.8) is 0 Å². The molecule has 1 amide bonds. The van der Waals surface area contributed by atoms with Crippen LogP contribution in [-0.2, 0) is 14.8 Å². The zero-order chi connectivity index (χ0) is 23.8. The summed E-state index contributed by atoms with van der Waals surface area (Å²) in [5, 5.41) is 3.15. The number of fused-ring (bicyclic) bond motifs is 1. The van der Waals surface area contributed by atoms with Crippen molar-refractivity contribution in [2.45, 2.75) is 18.0 Å². The van der Waals surface area contributed by atoms with Crippen LogP contribution in [0.15, 0.2) is 71.6 Å². The number of benzene rings is 3. The highest BCUT2D eigenvalue weighted by atomic mass is 32.2. The molecule has 0 aromatic heterocycles. The fourth-order valence-corrected chi connectivity index (χ4v) is 5.08. The van der Waals surface area contributed by atoms with Crippen molar-refractivity contribution in [3.05, 3.63) is 89.0 Å². The molecule has 1 aliphatic rings. The van der Waals surface area contributed by atoms with Gasteiger partial charge in [0.1, 0.15) is 11.9 Å². The molecule has 1 N–H and O–H groups in total. The van der Waals surface area contributed by atoms with E-state index in [0.29, 0.717) is 22.6 Å². The van der Waals surface area contributed by atoms with E-state index in [-0.39, 0.29) is 10.5 Å². The first-order valence-corrected chi connectivity index (χ1v) is 11.5. The Morgan fingerprint density at radius 3 is 2.24 bits per heavy atom. The van der Waals surface area contributed by atoms with Crippen LogP contribution in [0.2, 0.25) is 0 Å². The Balaban J connectivity index is 1.85. The lowest BCUT2D eigenvalue weighted by Gasteiger charge is -2.37. The number of rotatable bonds is 5. The molecule has 9 heteroatoms. The molecular weight excluding hydrogens is 444 g/mol. The molecule has 33 heavy (non-hydrogen) atoms. The van der Waals surface area contributed by atoms with Crippen molar-refractivity contribution in [2.24, 2.45) is 0 Å². The number of hydrogen-bond acceptors (Lipinski definition) is 7. The van der Waals surface area contributed by atoms with Gasteiger partial charge in [-0.25, -0.2) is 17.5 Å². The molecule has 0 bridgehead atoms. The standard InChI is InChI=1S/C24H22N2O6S/c1-15-4-11-19(12-5-15)33(29,30)26-22(16-6-8-17(9-7-16)24(28)32-3)25-21-14-18(31-2)10-13-20(21)23(26)27/h4-14,22,25H,1-3H3. The lowest BCUT2D eigenvalue weighted by Crippen LogP contribution is -2.46. The molecule has 170 valence electrons. The molecule has 3 aromatic rings. The second kappa shape index (κ2) is 8.59. The molecule has 1 atom stereocenters. The number of amides is 1. The van der Waals surface area contributed by atoms with Crippen LogP contribution in [0.25, 0.3) is 0 Å². The molecule has 0 saturated heterocycles. The second-order valence-corrected chi connectivity index (χ2v) is 9.31. The fraction of sp³-hybridized carbons (Fsp3) is 0.167. The van der Waals surface area contributed by atoms with Crippen LogP contribution < -0.4 is 10.1 Å². The van der Waals surface area contributed by atoms with E-state index < -0.39 is 28.1 Å². The van der Waals surface area contributed by atoms with Crippen molar-refractivity contribution in [1.82, 2.24) is 4.31 Å². The molecular formula is C24H22N2O6S. The van der Waals surface area contributed by atoms with Gasteiger partial charge in [-0.1, -0.05) is 29.8 Å². The number of carbonyl (C=O) groups excluding carboxylic acids is 2. The minimum atomic E-state index is -4.22. The summed E-state index contributed by atoms with van der Waals surface area (Å²) in [7, 11) is -1.44. The van der Waals surface area contributed by atoms with Crippen LogP contribution in [-0.4, -0.2) is 38.8 Å². The molecule has 1 unspecified atom stereocenters. The summed E-state index contributed by atoms with van der Waals surface area (Å²) in [6.07, 6.45) is -1.05. The van der Waals surface area contributed by atoms with Gasteiger partial charge in [-0.2, -0.15) is 0 Å². The number of carbonyl (C=O) groups is 2. The molecule has 4 rings (SSSR count). The average molecular weight is 467 g/mol. The van der Waals surface area contributed by atoms with E-state index in [2.05, 4.69) is 5.32 Å². The Kier molecular flexibility index (Phi) is 5.82. The van der Waals surface area contributed by atoms with Crippen LogP contribution in [0.5, 0.6) is 5.75 Å². The third kappa shape index (κ3) is 4.03. The summed E-state index contributed by atoms with van der Waals surface area (Å²) in [6, 6.07) is 17.3. The van der Waals surface area contributed by atoms with E-state index in [1.54, 1.807) is 36.4 Å². The Labute approximate surface area is 191 Å². The maximum Gasteiger partial charge on any atom is 0.337 e. The van der Waals surface area contributed by atoms with Crippen molar-refractivity contribution in [3.8, 4) is 5.75 Å². The van der Waals surface area contributed by atoms with Gasteiger partial charge in [0.05, 0.1) is 35.9 Å². The second-order valence-electron chi connectivity index (χ2n) is 7.49. The normalized spacial score (nSPS) is 15.4. The lowest BCUT2D eigenvalue weighted by atomic mass is 10.0. The van der Waals surface area contributed by atoms with Gasteiger partial charge in [-0.3, -0.25) is 4.79 Å². The van der Waals surface area contributed by atoms with Gasteiger partial charge in [0.15, 0.2) is 0 Å². The van der Waals surface area contributed by atoms with E-state index in [9.17, 15) is 18.0 Å². The quantitative estimate of drug-likeness (QED) is 0.572. The van der Waals surface area contributed by atoms with Crippen LogP contribution in [0, 0.1) is 6.92 Å². The molecule has 0 aliphatic carbocycles. The number of methoxy groups -OCH3 is 2. The number of anilines is 1. The van der Waals surface area contributed by atoms with Crippen LogP contribution in [0.4, 0.5) is 5.69 Å². The lowest BCUT2D eigenvalue weighted by molar-refractivity contribution is 0.0600. The molecule has 8 nitrogen and oxygen atoms in total. The maximum absolute atomic E-state index is 13.6. The third-order valence-electron chi connectivity index (χ3n) is 5.41. The Morgan fingerprint density at radius 1 is 0.970 bits per heavy atom. The summed E-state index contributed by atoms with van der Waals surface area (Å²) in [6.45, 7) is 1.85. The van der Waals surface area contributed by atoms with E-state index in [0.717, 1.165) is 9.87 Å². The van der Waals surface area contributed by atoms with Gasteiger partial charge in [0.2, 0.25) is 0 Å². The van der Waals surface area contributed by atoms with Crippen molar-refractivity contribution < 1.29 is 27.5 Å². The van der Waals surface area contributed by atoms with Gasteiger partial charge >= 0.3 is 5.97 Å².